The van der Waals surface area contributed by atoms with Gasteiger partial charge in [-0.25, -0.2) is 9.18 Å². The van der Waals surface area contributed by atoms with Crippen molar-refractivity contribution in [3.63, 3.8) is 0 Å². The molecule has 0 aromatic heterocycles. The number of halogens is 1. The summed E-state index contributed by atoms with van der Waals surface area (Å²) in [5.74, 6) is -1.15. The number of amides is 1. The van der Waals surface area contributed by atoms with Crippen LogP contribution in [0.25, 0.3) is 0 Å². The van der Waals surface area contributed by atoms with Crippen LogP contribution in [0.15, 0.2) is 18.2 Å². The molecule has 0 radical (unpaired) electrons. The Balaban J connectivity index is 2.42. The number of aliphatic carboxylic acids is 1. The van der Waals surface area contributed by atoms with Crippen molar-refractivity contribution in [2.45, 2.75) is 39.2 Å². The average Bonchev–Trinajstić information content (AvgIpc) is 2.39. The van der Waals surface area contributed by atoms with Gasteiger partial charge in [-0.05, 0) is 44.9 Å². The van der Waals surface area contributed by atoms with Gasteiger partial charge in [-0.2, -0.15) is 0 Å². The SMILES string of the molecule is CC(C)(C)OC(=O)NCCOc1cc(F)cc(CCC(=O)O)c1. The first-order valence-corrected chi connectivity index (χ1v) is 7.26. The number of carbonyl (C=O) groups is 2. The van der Waals surface area contributed by atoms with Crippen LogP contribution in [0.1, 0.15) is 32.8 Å². The van der Waals surface area contributed by atoms with Crippen LogP contribution in [0.5, 0.6) is 5.75 Å². The lowest BCUT2D eigenvalue weighted by Gasteiger charge is -2.19. The molecule has 1 amide bonds. The number of carboxylic acids is 1. The monoisotopic (exact) mass is 327 g/mol. The number of hydrogen-bond donors (Lipinski definition) is 2. The molecule has 0 atom stereocenters. The van der Waals surface area contributed by atoms with Crippen molar-refractivity contribution in [3.8, 4) is 5.75 Å². The van der Waals surface area contributed by atoms with Gasteiger partial charge in [-0.15, -0.1) is 0 Å². The molecule has 128 valence electrons. The van der Waals surface area contributed by atoms with Gasteiger partial charge in [0.15, 0.2) is 0 Å². The maximum Gasteiger partial charge on any atom is 0.407 e. The Morgan fingerprint density at radius 1 is 1.26 bits per heavy atom. The number of alkyl carbamates (subject to hydrolysis) is 1. The molecule has 0 saturated carbocycles. The Morgan fingerprint density at radius 3 is 2.57 bits per heavy atom. The molecule has 23 heavy (non-hydrogen) atoms. The van der Waals surface area contributed by atoms with E-state index in [1.165, 1.54) is 12.1 Å². The third kappa shape index (κ3) is 8.65. The third-order valence-electron chi connectivity index (χ3n) is 2.60. The summed E-state index contributed by atoms with van der Waals surface area (Å²) < 4.78 is 23.9. The van der Waals surface area contributed by atoms with Gasteiger partial charge in [0.2, 0.25) is 0 Å². The highest BCUT2D eigenvalue weighted by Gasteiger charge is 2.15. The lowest BCUT2D eigenvalue weighted by molar-refractivity contribution is -0.136. The van der Waals surface area contributed by atoms with Gasteiger partial charge < -0.3 is 19.9 Å². The molecule has 0 bridgehead atoms. The van der Waals surface area contributed by atoms with Gasteiger partial charge in [-0.3, -0.25) is 4.79 Å². The van der Waals surface area contributed by atoms with Crippen molar-refractivity contribution in [1.82, 2.24) is 5.32 Å². The molecule has 0 spiro atoms. The largest absolute Gasteiger partial charge is 0.492 e. The standard InChI is InChI=1S/C16H22FNO5/c1-16(2,3)23-15(21)18-6-7-22-13-9-11(4-5-14(19)20)8-12(17)10-13/h8-10H,4-7H2,1-3H3,(H,18,21)(H,19,20). The maximum absolute atomic E-state index is 13.5. The summed E-state index contributed by atoms with van der Waals surface area (Å²) in [7, 11) is 0. The molecule has 0 aliphatic rings. The predicted molar refractivity (Wildman–Crippen MR) is 82.1 cm³/mol. The molecular formula is C16H22FNO5. The fraction of sp³-hybridized carbons (Fsp3) is 0.500. The van der Waals surface area contributed by atoms with Crippen LogP contribution in [-0.4, -0.2) is 35.9 Å². The second-order valence-electron chi connectivity index (χ2n) is 5.97. The fourth-order valence-corrected chi connectivity index (χ4v) is 1.74. The minimum Gasteiger partial charge on any atom is -0.492 e. The van der Waals surface area contributed by atoms with Crippen LogP contribution < -0.4 is 10.1 Å². The molecule has 1 rings (SSSR count). The van der Waals surface area contributed by atoms with E-state index in [2.05, 4.69) is 5.32 Å². The molecule has 1 aromatic carbocycles. The molecule has 0 heterocycles. The predicted octanol–water partition coefficient (Wildman–Crippen LogP) is 2.75. The van der Waals surface area contributed by atoms with E-state index in [1.807, 2.05) is 0 Å². The second kappa shape index (κ2) is 8.36. The van der Waals surface area contributed by atoms with Crippen LogP contribution in [0, 0.1) is 5.82 Å². The summed E-state index contributed by atoms with van der Waals surface area (Å²) in [4.78, 5) is 22.0. The van der Waals surface area contributed by atoms with Crippen LogP contribution in [0.2, 0.25) is 0 Å². The topological polar surface area (TPSA) is 84.9 Å². The van der Waals surface area contributed by atoms with Crippen LogP contribution in [0.4, 0.5) is 9.18 Å². The van der Waals surface area contributed by atoms with Crippen molar-refractivity contribution in [2.24, 2.45) is 0 Å². The normalized spacial score (nSPS) is 11.0. The smallest absolute Gasteiger partial charge is 0.407 e. The second-order valence-corrected chi connectivity index (χ2v) is 5.97. The number of aryl methyl sites for hydroxylation is 1. The molecule has 0 aliphatic carbocycles. The molecule has 0 unspecified atom stereocenters. The molecule has 7 heteroatoms. The molecule has 2 N–H and O–H groups in total. The van der Waals surface area contributed by atoms with Crippen molar-refractivity contribution in [1.29, 1.82) is 0 Å². The van der Waals surface area contributed by atoms with Gasteiger partial charge in [0.25, 0.3) is 0 Å². The zero-order valence-corrected chi connectivity index (χ0v) is 13.5. The lowest BCUT2D eigenvalue weighted by Crippen LogP contribution is -2.34. The lowest BCUT2D eigenvalue weighted by atomic mass is 10.1. The van der Waals surface area contributed by atoms with E-state index in [4.69, 9.17) is 14.6 Å². The number of ether oxygens (including phenoxy) is 2. The van der Waals surface area contributed by atoms with Gasteiger partial charge >= 0.3 is 12.1 Å². The molecule has 6 nitrogen and oxygen atoms in total. The summed E-state index contributed by atoms with van der Waals surface area (Å²) in [5.41, 5.74) is -0.0329. The minimum absolute atomic E-state index is 0.0803. The number of carbonyl (C=O) groups excluding carboxylic acids is 1. The van der Waals surface area contributed by atoms with E-state index < -0.39 is 23.5 Å². The van der Waals surface area contributed by atoms with Crippen molar-refractivity contribution >= 4 is 12.1 Å². The molecule has 0 fully saturated rings. The summed E-state index contributed by atoms with van der Waals surface area (Å²) >= 11 is 0. The number of benzene rings is 1. The third-order valence-corrected chi connectivity index (χ3v) is 2.60. The highest BCUT2D eigenvalue weighted by Crippen LogP contribution is 2.17. The zero-order chi connectivity index (χ0) is 17.5. The molecule has 0 saturated heterocycles. The van der Waals surface area contributed by atoms with Crippen LogP contribution in [0.3, 0.4) is 0 Å². The summed E-state index contributed by atoms with van der Waals surface area (Å²) in [5, 5.41) is 11.2. The van der Waals surface area contributed by atoms with E-state index in [9.17, 15) is 14.0 Å². The minimum atomic E-state index is -0.946. The first kappa shape index (κ1) is 18.7. The first-order chi connectivity index (χ1) is 10.7. The maximum atomic E-state index is 13.5. The van der Waals surface area contributed by atoms with Crippen molar-refractivity contribution in [3.05, 3.63) is 29.6 Å². The number of rotatable bonds is 7. The Hall–Kier alpha value is -2.31. The summed E-state index contributed by atoms with van der Waals surface area (Å²) in [6.45, 7) is 5.62. The van der Waals surface area contributed by atoms with Gasteiger partial charge in [-0.1, -0.05) is 0 Å². The highest BCUT2D eigenvalue weighted by molar-refractivity contribution is 5.67. The fourth-order valence-electron chi connectivity index (χ4n) is 1.74. The summed E-state index contributed by atoms with van der Waals surface area (Å²) in [6.07, 6.45) is -0.412. The van der Waals surface area contributed by atoms with E-state index in [0.717, 1.165) is 0 Å². The Labute approximate surface area is 134 Å². The number of hydrogen-bond acceptors (Lipinski definition) is 4. The van der Waals surface area contributed by atoms with Gasteiger partial charge in [0, 0.05) is 12.5 Å². The highest BCUT2D eigenvalue weighted by atomic mass is 19.1. The van der Waals surface area contributed by atoms with Crippen molar-refractivity contribution in [2.75, 3.05) is 13.2 Å². The van der Waals surface area contributed by atoms with E-state index in [1.54, 1.807) is 26.8 Å². The van der Waals surface area contributed by atoms with Crippen LogP contribution >= 0.6 is 0 Å². The molecule has 1 aromatic rings. The van der Waals surface area contributed by atoms with Gasteiger partial charge in [0.1, 0.15) is 23.8 Å². The average molecular weight is 327 g/mol. The first-order valence-electron chi connectivity index (χ1n) is 7.26. The van der Waals surface area contributed by atoms with E-state index >= 15 is 0 Å². The van der Waals surface area contributed by atoms with E-state index in [-0.39, 0.29) is 31.7 Å². The van der Waals surface area contributed by atoms with Crippen molar-refractivity contribution < 1.29 is 28.6 Å². The van der Waals surface area contributed by atoms with Crippen LogP contribution in [-0.2, 0) is 16.0 Å². The summed E-state index contributed by atoms with van der Waals surface area (Å²) in [6, 6.07) is 4.06. The zero-order valence-electron chi connectivity index (χ0n) is 13.5. The van der Waals surface area contributed by atoms with E-state index in [0.29, 0.717) is 5.56 Å². The van der Waals surface area contributed by atoms with Gasteiger partial charge in [0.05, 0.1) is 6.54 Å². The Kier molecular flexibility index (Phi) is 6.81. The Morgan fingerprint density at radius 2 is 1.96 bits per heavy atom. The number of carboxylic acid groups (broad SMARTS) is 1. The molecular weight excluding hydrogens is 305 g/mol. The molecule has 0 aliphatic heterocycles. The number of nitrogens with one attached hydrogen (secondary N) is 1. The Bertz CT molecular complexity index is 554. The quantitative estimate of drug-likeness (QED) is 0.752.